The van der Waals surface area contributed by atoms with E-state index in [0.717, 1.165) is 11.1 Å². The number of rotatable bonds is 5. The molecular formula is C27H26O6. The van der Waals surface area contributed by atoms with Gasteiger partial charge in [-0.1, -0.05) is 24.8 Å². The minimum atomic E-state index is -0.727. The summed E-state index contributed by atoms with van der Waals surface area (Å²) in [5.74, 6) is -0.431. The third-order valence-electron chi connectivity index (χ3n) is 5.90. The Labute approximate surface area is 192 Å². The van der Waals surface area contributed by atoms with Gasteiger partial charge in [-0.25, -0.2) is 4.79 Å². The number of hydrogen-bond acceptors (Lipinski definition) is 6. The summed E-state index contributed by atoms with van der Waals surface area (Å²) in [6.45, 7) is 9.11. The number of Topliss-reactive ketones (excluding diaryl/α,β-unsaturated/α-hetero) is 2. The molecule has 0 saturated carbocycles. The molecule has 0 N–H and O–H groups in total. The maximum Gasteiger partial charge on any atom is 0.339 e. The maximum atomic E-state index is 12.7. The number of esters is 2. The normalized spacial score (nSPS) is 14.6. The molecular weight excluding hydrogens is 420 g/mol. The summed E-state index contributed by atoms with van der Waals surface area (Å²) in [6, 6.07) is 8.59. The Kier molecular flexibility index (Phi) is 5.78. The van der Waals surface area contributed by atoms with Crippen LogP contribution in [0.5, 0.6) is 11.5 Å². The molecule has 0 aliphatic heterocycles. The summed E-state index contributed by atoms with van der Waals surface area (Å²) in [6.07, 6.45) is 2.05. The molecule has 0 bridgehead atoms. The predicted molar refractivity (Wildman–Crippen MR) is 122 cm³/mol. The van der Waals surface area contributed by atoms with E-state index in [2.05, 4.69) is 6.58 Å². The van der Waals surface area contributed by atoms with Crippen LogP contribution >= 0.6 is 0 Å². The van der Waals surface area contributed by atoms with Crippen molar-refractivity contribution < 1.29 is 28.7 Å². The largest absolute Gasteiger partial charge is 0.425 e. The SMILES string of the molecule is C=C(Cc1cc2c(c(OC(=O)C(C)(C)C)c1)C(=O)CC2)C(=O)Oc1cccc2c1CCC2=O. The first-order valence-electron chi connectivity index (χ1n) is 11.0. The first kappa shape index (κ1) is 22.6. The topological polar surface area (TPSA) is 86.7 Å². The lowest BCUT2D eigenvalue weighted by molar-refractivity contribution is -0.143. The van der Waals surface area contributed by atoms with Gasteiger partial charge < -0.3 is 9.47 Å². The number of benzene rings is 2. The van der Waals surface area contributed by atoms with E-state index in [4.69, 9.17) is 9.47 Å². The van der Waals surface area contributed by atoms with Gasteiger partial charge in [-0.3, -0.25) is 14.4 Å². The molecule has 2 aliphatic carbocycles. The number of aryl methyl sites for hydroxylation is 1. The fourth-order valence-electron chi connectivity index (χ4n) is 4.10. The van der Waals surface area contributed by atoms with Crippen LogP contribution in [0.15, 0.2) is 42.5 Å². The van der Waals surface area contributed by atoms with Gasteiger partial charge in [0, 0.05) is 36.0 Å². The van der Waals surface area contributed by atoms with Gasteiger partial charge >= 0.3 is 11.9 Å². The predicted octanol–water partition coefficient (Wildman–Crippen LogP) is 4.60. The van der Waals surface area contributed by atoms with E-state index in [9.17, 15) is 19.2 Å². The molecule has 2 aliphatic rings. The first-order chi connectivity index (χ1) is 15.5. The molecule has 6 nitrogen and oxygen atoms in total. The lowest BCUT2D eigenvalue weighted by Gasteiger charge is -2.18. The summed E-state index contributed by atoms with van der Waals surface area (Å²) >= 11 is 0. The summed E-state index contributed by atoms with van der Waals surface area (Å²) in [5.41, 5.74) is 2.78. The average molecular weight is 446 g/mol. The Balaban J connectivity index is 1.54. The molecule has 4 rings (SSSR count). The maximum absolute atomic E-state index is 12.7. The van der Waals surface area contributed by atoms with E-state index in [1.165, 1.54) is 0 Å². The molecule has 0 spiro atoms. The molecule has 0 amide bonds. The number of carbonyl (C=O) groups is 4. The number of ketones is 2. The summed E-state index contributed by atoms with van der Waals surface area (Å²) in [7, 11) is 0. The van der Waals surface area contributed by atoms with Crippen molar-refractivity contribution in [1.29, 1.82) is 0 Å². The molecule has 0 aromatic heterocycles. The third-order valence-corrected chi connectivity index (χ3v) is 5.90. The standard InChI is InChI=1S/C27H26O6/c1-15(25(30)32-22-7-5-6-18-19(22)9-11-20(18)28)12-16-13-17-8-10-21(29)24(17)23(14-16)33-26(31)27(2,3)4/h5-7,13-14H,1,8-12H2,2-4H3. The van der Waals surface area contributed by atoms with E-state index >= 15 is 0 Å². The van der Waals surface area contributed by atoms with E-state index in [0.29, 0.717) is 48.1 Å². The van der Waals surface area contributed by atoms with Gasteiger partial charge in [0.15, 0.2) is 11.6 Å². The molecule has 33 heavy (non-hydrogen) atoms. The third kappa shape index (κ3) is 4.51. The molecule has 0 saturated heterocycles. The van der Waals surface area contributed by atoms with Crippen molar-refractivity contribution in [1.82, 2.24) is 0 Å². The van der Waals surface area contributed by atoms with Crippen LogP contribution in [-0.4, -0.2) is 23.5 Å². The smallest absolute Gasteiger partial charge is 0.339 e. The Morgan fingerprint density at radius 2 is 1.67 bits per heavy atom. The van der Waals surface area contributed by atoms with Crippen LogP contribution in [0.25, 0.3) is 0 Å². The second-order valence-electron chi connectivity index (χ2n) is 9.57. The molecule has 0 fully saturated rings. The Hall–Kier alpha value is -3.54. The van der Waals surface area contributed by atoms with Gasteiger partial charge in [-0.05, 0) is 56.9 Å². The first-order valence-corrected chi connectivity index (χ1v) is 11.0. The summed E-state index contributed by atoms with van der Waals surface area (Å²) < 4.78 is 11.2. The van der Waals surface area contributed by atoms with Crippen molar-refractivity contribution in [3.63, 3.8) is 0 Å². The second-order valence-corrected chi connectivity index (χ2v) is 9.57. The molecule has 0 heterocycles. The zero-order valence-corrected chi connectivity index (χ0v) is 19.1. The van der Waals surface area contributed by atoms with Gasteiger partial charge in [0.1, 0.15) is 11.5 Å². The van der Waals surface area contributed by atoms with Crippen LogP contribution in [0.1, 0.15) is 71.0 Å². The van der Waals surface area contributed by atoms with Crippen LogP contribution in [0, 0.1) is 5.41 Å². The van der Waals surface area contributed by atoms with Crippen LogP contribution < -0.4 is 9.47 Å². The molecule has 2 aromatic carbocycles. The van der Waals surface area contributed by atoms with Crippen molar-refractivity contribution >= 4 is 23.5 Å². The Bertz CT molecular complexity index is 1210. The minimum Gasteiger partial charge on any atom is -0.425 e. The zero-order chi connectivity index (χ0) is 23.9. The van der Waals surface area contributed by atoms with Crippen LogP contribution in [-0.2, 0) is 28.9 Å². The van der Waals surface area contributed by atoms with Crippen LogP contribution in [0.3, 0.4) is 0 Å². The van der Waals surface area contributed by atoms with E-state index in [1.54, 1.807) is 45.0 Å². The monoisotopic (exact) mass is 446 g/mol. The number of ether oxygens (including phenoxy) is 2. The molecule has 2 aromatic rings. The number of carbonyl (C=O) groups excluding carboxylic acids is 4. The van der Waals surface area contributed by atoms with Gasteiger partial charge in [0.05, 0.1) is 11.0 Å². The van der Waals surface area contributed by atoms with Crippen molar-refractivity contribution in [3.8, 4) is 11.5 Å². The lowest BCUT2D eigenvalue weighted by Crippen LogP contribution is -2.26. The summed E-state index contributed by atoms with van der Waals surface area (Å²) in [4.78, 5) is 49.5. The molecule has 0 atom stereocenters. The number of fused-ring (bicyclic) bond motifs is 2. The summed E-state index contributed by atoms with van der Waals surface area (Å²) in [5, 5.41) is 0. The average Bonchev–Trinajstić information content (AvgIpc) is 3.31. The highest BCUT2D eigenvalue weighted by Gasteiger charge is 2.30. The minimum absolute atomic E-state index is 0.0479. The van der Waals surface area contributed by atoms with Crippen LogP contribution in [0.4, 0.5) is 0 Å². The van der Waals surface area contributed by atoms with Gasteiger partial charge in [0.2, 0.25) is 0 Å². The Morgan fingerprint density at radius 1 is 0.939 bits per heavy atom. The highest BCUT2D eigenvalue weighted by molar-refractivity contribution is 6.04. The fraction of sp³-hybridized carbons (Fsp3) is 0.333. The fourth-order valence-corrected chi connectivity index (χ4v) is 4.10. The molecule has 0 unspecified atom stereocenters. The molecule has 0 radical (unpaired) electrons. The van der Waals surface area contributed by atoms with Crippen molar-refractivity contribution in [2.75, 3.05) is 0 Å². The van der Waals surface area contributed by atoms with E-state index in [-0.39, 0.29) is 29.3 Å². The van der Waals surface area contributed by atoms with Gasteiger partial charge in [-0.15, -0.1) is 0 Å². The van der Waals surface area contributed by atoms with E-state index < -0.39 is 17.4 Å². The van der Waals surface area contributed by atoms with E-state index in [1.807, 2.05) is 6.07 Å². The Morgan fingerprint density at radius 3 is 2.39 bits per heavy atom. The quantitative estimate of drug-likeness (QED) is 0.379. The van der Waals surface area contributed by atoms with Gasteiger partial charge in [0.25, 0.3) is 0 Å². The van der Waals surface area contributed by atoms with Crippen molar-refractivity contribution in [2.24, 2.45) is 5.41 Å². The van der Waals surface area contributed by atoms with Crippen LogP contribution in [0.2, 0.25) is 0 Å². The lowest BCUT2D eigenvalue weighted by atomic mass is 9.96. The van der Waals surface area contributed by atoms with Gasteiger partial charge in [-0.2, -0.15) is 0 Å². The molecule has 170 valence electrons. The number of hydrogen-bond donors (Lipinski definition) is 0. The highest BCUT2D eigenvalue weighted by atomic mass is 16.5. The van der Waals surface area contributed by atoms with Crippen molar-refractivity contribution in [2.45, 2.75) is 52.9 Å². The second kappa shape index (κ2) is 8.43. The van der Waals surface area contributed by atoms with Crippen molar-refractivity contribution in [3.05, 3.63) is 70.3 Å². The molecule has 6 heteroatoms. The highest BCUT2D eigenvalue weighted by Crippen LogP contribution is 2.35. The zero-order valence-electron chi connectivity index (χ0n) is 19.1.